The lowest BCUT2D eigenvalue weighted by Gasteiger charge is -2.43. The van der Waals surface area contributed by atoms with Crippen molar-refractivity contribution in [2.75, 3.05) is 6.54 Å². The Morgan fingerprint density at radius 2 is 1.80 bits per heavy atom. The monoisotopic (exact) mass is 760 g/mol. The maximum atomic E-state index is 14.1. The van der Waals surface area contributed by atoms with Crippen molar-refractivity contribution >= 4 is 49.2 Å². The van der Waals surface area contributed by atoms with Crippen LogP contribution in [0.2, 0.25) is 0 Å². The first kappa shape index (κ1) is 35.0. The number of aryl methyl sites for hydroxylation is 1. The van der Waals surface area contributed by atoms with Crippen LogP contribution in [0.3, 0.4) is 0 Å². The zero-order chi connectivity index (χ0) is 35.6. The molecule has 50 heavy (non-hydrogen) atoms. The van der Waals surface area contributed by atoms with Gasteiger partial charge in [-0.05, 0) is 65.9 Å². The number of aliphatic hydroxyl groups is 1. The van der Waals surface area contributed by atoms with Gasteiger partial charge >= 0.3 is 6.09 Å². The molecule has 1 aliphatic rings. The quantitative estimate of drug-likeness (QED) is 0.113. The SMILES string of the molecule is Cc1ccc(S(=O)(=O)N/N=C/c2cc3c(-c4ccc(F)cc4)c(C(C)C)c(OC4CN(C(=O)OCc5ccccc5)C4O)nc3cc2Br)cc1. The van der Waals surface area contributed by atoms with Crippen LogP contribution in [0.15, 0.2) is 105 Å². The predicted octanol–water partition coefficient (Wildman–Crippen LogP) is 7.27. The molecule has 6 rings (SSSR count). The lowest BCUT2D eigenvalue weighted by Crippen LogP contribution is -2.64. The first-order valence-electron chi connectivity index (χ1n) is 15.8. The third kappa shape index (κ3) is 7.49. The van der Waals surface area contributed by atoms with Gasteiger partial charge in [-0.1, -0.05) is 89.9 Å². The van der Waals surface area contributed by atoms with Gasteiger partial charge in [-0.2, -0.15) is 13.5 Å². The van der Waals surface area contributed by atoms with Crippen molar-refractivity contribution in [1.82, 2.24) is 14.7 Å². The summed E-state index contributed by atoms with van der Waals surface area (Å²) in [6.07, 6.45) is -1.32. The fourth-order valence-corrected chi connectivity index (χ4v) is 6.79. The molecule has 1 aliphatic heterocycles. The number of rotatable bonds is 10. The van der Waals surface area contributed by atoms with Crippen LogP contribution < -0.4 is 9.57 Å². The molecule has 1 saturated heterocycles. The predicted molar refractivity (Wildman–Crippen MR) is 192 cm³/mol. The molecule has 4 aromatic carbocycles. The van der Waals surface area contributed by atoms with E-state index in [-0.39, 0.29) is 29.8 Å². The number of ether oxygens (including phenoxy) is 2. The molecule has 13 heteroatoms. The van der Waals surface area contributed by atoms with Gasteiger partial charge in [-0.3, -0.25) is 4.90 Å². The summed E-state index contributed by atoms with van der Waals surface area (Å²) in [5, 5.41) is 15.6. The maximum Gasteiger partial charge on any atom is 0.412 e. The third-order valence-electron chi connectivity index (χ3n) is 8.26. The van der Waals surface area contributed by atoms with Crippen molar-refractivity contribution in [3.05, 3.63) is 124 Å². The number of carbonyl (C=O) groups is 1. The van der Waals surface area contributed by atoms with E-state index >= 15 is 0 Å². The molecule has 10 nitrogen and oxygen atoms in total. The Kier molecular flexibility index (Phi) is 10.2. The van der Waals surface area contributed by atoms with Crippen molar-refractivity contribution in [1.29, 1.82) is 0 Å². The summed E-state index contributed by atoms with van der Waals surface area (Å²) < 4.78 is 52.0. The van der Waals surface area contributed by atoms with Crippen LogP contribution in [0.1, 0.15) is 42.0 Å². The average Bonchev–Trinajstić information content (AvgIpc) is 3.09. The Balaban J connectivity index is 1.31. The number of carbonyl (C=O) groups excluding carboxylic acids is 1. The van der Waals surface area contributed by atoms with Crippen LogP contribution >= 0.6 is 15.9 Å². The second-order valence-corrected chi connectivity index (χ2v) is 14.7. The molecule has 0 spiro atoms. The maximum absolute atomic E-state index is 14.1. The number of aliphatic hydroxyl groups excluding tert-OH is 1. The van der Waals surface area contributed by atoms with Crippen LogP contribution in [-0.4, -0.2) is 54.6 Å². The minimum atomic E-state index is -3.90. The summed E-state index contributed by atoms with van der Waals surface area (Å²) in [4.78, 5) is 21.1. The molecule has 1 fully saturated rings. The number of likely N-dealkylation sites (tertiary alicyclic amines) is 1. The standard InChI is InChI=1S/C37H34BrFN4O6S/c1-22(2)33-34(25-11-13-27(39)14-12-25)29-17-26(19-40-42-50(46,47)28-15-9-23(3)10-16-28)30(38)18-31(29)41-35(33)49-32-20-43(36(32)44)37(45)48-21-24-7-5-4-6-8-24/h4-19,22,32,36,42,44H,20-21H2,1-3H3/b40-19+. The van der Waals surface area contributed by atoms with Crippen LogP contribution in [0, 0.1) is 12.7 Å². The molecule has 0 saturated carbocycles. The number of hydrogen-bond donors (Lipinski definition) is 2. The van der Waals surface area contributed by atoms with Crippen molar-refractivity contribution < 1.29 is 32.2 Å². The minimum Gasteiger partial charge on any atom is -0.467 e. The Hall–Kier alpha value is -4.85. The van der Waals surface area contributed by atoms with Crippen LogP contribution in [0.25, 0.3) is 22.0 Å². The van der Waals surface area contributed by atoms with Crippen LogP contribution in [-0.2, 0) is 21.4 Å². The molecule has 0 radical (unpaired) electrons. The number of nitrogens with zero attached hydrogens (tertiary/aromatic N) is 3. The molecule has 0 bridgehead atoms. The second kappa shape index (κ2) is 14.6. The van der Waals surface area contributed by atoms with Crippen molar-refractivity contribution in [2.45, 2.75) is 50.5 Å². The molecular weight excluding hydrogens is 727 g/mol. The Morgan fingerprint density at radius 3 is 2.46 bits per heavy atom. The first-order chi connectivity index (χ1) is 23.9. The zero-order valence-electron chi connectivity index (χ0n) is 27.4. The van der Waals surface area contributed by atoms with E-state index in [1.54, 1.807) is 30.3 Å². The molecule has 258 valence electrons. The number of hydrogen-bond acceptors (Lipinski definition) is 8. The van der Waals surface area contributed by atoms with Gasteiger partial charge in [-0.15, -0.1) is 0 Å². The number of benzene rings is 4. The highest BCUT2D eigenvalue weighted by Gasteiger charge is 2.44. The fourth-order valence-electron chi connectivity index (χ4n) is 5.57. The molecule has 2 heterocycles. The number of hydrazone groups is 1. The number of pyridine rings is 1. The highest BCUT2D eigenvalue weighted by Crippen LogP contribution is 2.42. The van der Waals surface area contributed by atoms with Crippen molar-refractivity contribution in [3.63, 3.8) is 0 Å². The molecular formula is C37H34BrFN4O6S. The topological polar surface area (TPSA) is 130 Å². The molecule has 5 aromatic rings. The van der Waals surface area contributed by atoms with Crippen LogP contribution in [0.4, 0.5) is 9.18 Å². The number of halogens is 2. The van der Waals surface area contributed by atoms with E-state index in [9.17, 15) is 22.7 Å². The Labute approximate surface area is 297 Å². The van der Waals surface area contributed by atoms with Gasteiger partial charge in [0.15, 0.2) is 12.3 Å². The van der Waals surface area contributed by atoms with Gasteiger partial charge in [0.05, 0.1) is 23.2 Å². The van der Waals surface area contributed by atoms with Crippen molar-refractivity contribution in [3.8, 4) is 17.0 Å². The van der Waals surface area contributed by atoms with E-state index in [4.69, 9.17) is 14.5 Å². The number of sulfonamides is 1. The Bertz CT molecular complexity index is 2170. The first-order valence-corrected chi connectivity index (χ1v) is 18.1. The lowest BCUT2D eigenvalue weighted by atomic mass is 9.89. The van der Waals surface area contributed by atoms with E-state index in [0.717, 1.165) is 16.7 Å². The van der Waals surface area contributed by atoms with Gasteiger partial charge in [0.1, 0.15) is 12.4 Å². The summed E-state index contributed by atoms with van der Waals surface area (Å²) in [6.45, 7) is 5.95. The molecule has 0 aliphatic carbocycles. The van der Waals surface area contributed by atoms with E-state index < -0.39 is 34.3 Å². The smallest absolute Gasteiger partial charge is 0.412 e. The molecule has 1 aromatic heterocycles. The highest BCUT2D eigenvalue weighted by molar-refractivity contribution is 9.10. The molecule has 2 atom stereocenters. The molecule has 1 amide bonds. The van der Waals surface area contributed by atoms with Gasteiger partial charge in [0.2, 0.25) is 5.88 Å². The third-order valence-corrected chi connectivity index (χ3v) is 10.2. The second-order valence-electron chi connectivity index (χ2n) is 12.2. The van der Waals surface area contributed by atoms with Gasteiger partial charge in [0, 0.05) is 21.0 Å². The summed E-state index contributed by atoms with van der Waals surface area (Å²) in [7, 11) is -3.90. The number of aromatic nitrogens is 1. The van der Waals surface area contributed by atoms with E-state index in [1.807, 2.05) is 57.2 Å². The van der Waals surface area contributed by atoms with Crippen molar-refractivity contribution in [2.24, 2.45) is 5.10 Å². The zero-order valence-corrected chi connectivity index (χ0v) is 29.8. The largest absolute Gasteiger partial charge is 0.467 e. The number of amides is 1. The lowest BCUT2D eigenvalue weighted by molar-refractivity contribution is -0.145. The normalized spacial score (nSPS) is 16.1. The van der Waals surface area contributed by atoms with Gasteiger partial charge in [0.25, 0.3) is 10.0 Å². The average molecular weight is 762 g/mol. The summed E-state index contributed by atoms with van der Waals surface area (Å²) in [5.74, 6) is -0.288. The minimum absolute atomic E-state index is 0.0688. The van der Waals surface area contributed by atoms with Gasteiger partial charge < -0.3 is 14.6 Å². The van der Waals surface area contributed by atoms with E-state index in [0.29, 0.717) is 32.1 Å². The summed E-state index contributed by atoms with van der Waals surface area (Å²) in [5.41, 5.74) is 4.93. The highest BCUT2D eigenvalue weighted by atomic mass is 79.9. The van der Waals surface area contributed by atoms with E-state index in [1.165, 1.54) is 35.4 Å². The fraction of sp³-hybridized carbons (Fsp3) is 0.216. The number of nitrogens with one attached hydrogen (secondary N) is 1. The van der Waals surface area contributed by atoms with E-state index in [2.05, 4.69) is 25.9 Å². The summed E-state index contributed by atoms with van der Waals surface area (Å²) >= 11 is 3.56. The molecule has 2 N–H and O–H groups in total. The number of fused-ring (bicyclic) bond motifs is 1. The van der Waals surface area contributed by atoms with Crippen LogP contribution in [0.5, 0.6) is 5.88 Å². The van der Waals surface area contributed by atoms with Gasteiger partial charge in [-0.25, -0.2) is 19.0 Å². The summed E-state index contributed by atoms with van der Waals surface area (Å²) in [6, 6.07) is 25.3. The molecule has 2 unspecified atom stereocenters. The Morgan fingerprint density at radius 1 is 1.10 bits per heavy atom.